The number of hydrogen-bond acceptors (Lipinski definition) is 8. The molecule has 5 rings (SSSR count). The van der Waals surface area contributed by atoms with Crippen molar-refractivity contribution in [3.63, 3.8) is 0 Å². The molecule has 0 saturated heterocycles. The van der Waals surface area contributed by atoms with Gasteiger partial charge < -0.3 is 5.32 Å². The second kappa shape index (κ2) is 9.82. The molecule has 3 aromatic rings. The van der Waals surface area contributed by atoms with E-state index in [4.69, 9.17) is 0 Å². The number of halogens is 1. The molecule has 1 unspecified atom stereocenters. The summed E-state index contributed by atoms with van der Waals surface area (Å²) >= 11 is 0. The summed E-state index contributed by atoms with van der Waals surface area (Å²) in [6.07, 6.45) is 12.3. The molecule has 9 heteroatoms. The van der Waals surface area contributed by atoms with E-state index in [0.29, 0.717) is 22.9 Å². The van der Waals surface area contributed by atoms with Crippen LogP contribution in [-0.2, 0) is 0 Å². The topological polar surface area (TPSA) is 99.1 Å². The van der Waals surface area contributed by atoms with Crippen molar-refractivity contribution in [2.45, 2.75) is 57.4 Å². The zero-order chi connectivity index (χ0) is 23.5. The molecule has 2 aliphatic carbocycles. The fourth-order valence-electron chi connectivity index (χ4n) is 4.11. The molecule has 2 saturated carbocycles. The first-order chi connectivity index (χ1) is 16.6. The Morgan fingerprint density at radius 3 is 2.68 bits per heavy atom. The van der Waals surface area contributed by atoms with E-state index in [2.05, 4.69) is 37.6 Å². The molecule has 8 nitrogen and oxygen atoms in total. The maximum atomic E-state index is 15.1. The van der Waals surface area contributed by atoms with Gasteiger partial charge in [0.25, 0.3) is 0 Å². The van der Waals surface area contributed by atoms with Crippen LogP contribution < -0.4 is 10.7 Å². The quantitative estimate of drug-likeness (QED) is 0.369. The van der Waals surface area contributed by atoms with Crippen molar-refractivity contribution < 1.29 is 9.60 Å². The molecule has 176 valence electrons. The largest absolute Gasteiger partial charge is 0.356 e. The van der Waals surface area contributed by atoms with Gasteiger partial charge in [-0.05, 0) is 56.7 Å². The van der Waals surface area contributed by atoms with Crippen LogP contribution in [0.3, 0.4) is 0 Å². The summed E-state index contributed by atoms with van der Waals surface area (Å²) in [5, 5.41) is 14.5. The number of benzene rings is 1. The minimum atomic E-state index is -0.346. The smallest absolute Gasteiger partial charge is 0.239 e. The summed E-state index contributed by atoms with van der Waals surface area (Å²) < 4.78 is 15.1. The lowest BCUT2D eigenvalue weighted by Gasteiger charge is -2.29. The molecule has 2 heterocycles. The second-order valence-electron chi connectivity index (χ2n) is 8.73. The number of hydroxylamine groups is 1. The Labute approximate surface area is 197 Å². The third-order valence-corrected chi connectivity index (χ3v) is 6.33. The highest BCUT2D eigenvalue weighted by molar-refractivity contribution is 5.64. The standard InChI is InChI=1S/C25H28FN7O/c1-2-19(21-10-11-29-25(31-21)32-33(34)18-7-8-18)24(16-4-3-5-16)30-22-9-6-17(14-20(22)26)23-15-27-12-13-28-23/h6,9-15,18-19,30,34H,2-5,7-8H2,1H3,(H,29,31,32). The van der Waals surface area contributed by atoms with Gasteiger partial charge in [0.05, 0.1) is 29.3 Å². The Morgan fingerprint density at radius 1 is 1.18 bits per heavy atom. The monoisotopic (exact) mass is 461 g/mol. The third-order valence-electron chi connectivity index (χ3n) is 6.33. The van der Waals surface area contributed by atoms with Gasteiger partial charge in [0.2, 0.25) is 5.95 Å². The van der Waals surface area contributed by atoms with Crippen molar-refractivity contribution in [3.8, 4) is 11.3 Å². The molecule has 3 N–H and O–H groups in total. The van der Waals surface area contributed by atoms with Crippen molar-refractivity contribution in [2.75, 3.05) is 10.7 Å². The van der Waals surface area contributed by atoms with Gasteiger partial charge in [0, 0.05) is 35.8 Å². The normalized spacial score (nSPS) is 16.2. The maximum absolute atomic E-state index is 15.1. The number of allylic oxidation sites excluding steroid dienone is 2. The van der Waals surface area contributed by atoms with Crippen LogP contribution in [0.4, 0.5) is 16.0 Å². The molecule has 2 aliphatic rings. The highest BCUT2D eigenvalue weighted by Gasteiger charge is 2.29. The van der Waals surface area contributed by atoms with Gasteiger partial charge in [-0.3, -0.25) is 20.6 Å². The third kappa shape index (κ3) is 4.90. The van der Waals surface area contributed by atoms with Gasteiger partial charge in [-0.25, -0.2) is 14.4 Å². The number of nitrogens with one attached hydrogen (secondary N) is 2. The van der Waals surface area contributed by atoms with E-state index in [-0.39, 0.29) is 17.8 Å². The van der Waals surface area contributed by atoms with E-state index in [0.717, 1.165) is 55.1 Å². The predicted molar refractivity (Wildman–Crippen MR) is 127 cm³/mol. The summed E-state index contributed by atoms with van der Waals surface area (Å²) in [4.78, 5) is 17.2. The molecular formula is C25H28FN7O. The fraction of sp³-hybridized carbons (Fsp3) is 0.360. The summed E-state index contributed by atoms with van der Waals surface area (Å²) in [5.41, 5.74) is 7.69. The zero-order valence-electron chi connectivity index (χ0n) is 19.1. The van der Waals surface area contributed by atoms with E-state index in [1.54, 1.807) is 30.9 Å². The van der Waals surface area contributed by atoms with Crippen LogP contribution in [0, 0.1) is 5.82 Å². The lowest BCUT2D eigenvalue weighted by Crippen LogP contribution is -2.29. The summed E-state index contributed by atoms with van der Waals surface area (Å²) in [6, 6.07) is 7.07. The minimum Gasteiger partial charge on any atom is -0.356 e. The number of nitrogens with zero attached hydrogens (tertiary/aromatic N) is 5. The predicted octanol–water partition coefficient (Wildman–Crippen LogP) is 5.30. The molecule has 34 heavy (non-hydrogen) atoms. The molecule has 2 fully saturated rings. The van der Waals surface area contributed by atoms with E-state index in [1.807, 2.05) is 12.1 Å². The van der Waals surface area contributed by atoms with Gasteiger partial charge >= 0.3 is 0 Å². The number of hydrazine groups is 1. The molecule has 1 atom stereocenters. The van der Waals surface area contributed by atoms with E-state index in [9.17, 15) is 5.21 Å². The van der Waals surface area contributed by atoms with Gasteiger partial charge in [-0.2, -0.15) is 0 Å². The lowest BCUT2D eigenvalue weighted by molar-refractivity contribution is -0.0751. The van der Waals surface area contributed by atoms with Crippen LogP contribution in [0.1, 0.15) is 57.1 Å². The first-order valence-electron chi connectivity index (χ1n) is 11.7. The van der Waals surface area contributed by atoms with E-state index in [1.165, 1.54) is 11.6 Å². The van der Waals surface area contributed by atoms with E-state index < -0.39 is 0 Å². The number of aromatic nitrogens is 4. The molecule has 0 aliphatic heterocycles. The summed E-state index contributed by atoms with van der Waals surface area (Å²) in [6.45, 7) is 2.09. The van der Waals surface area contributed by atoms with Crippen molar-refractivity contribution in [1.82, 2.24) is 25.1 Å². The van der Waals surface area contributed by atoms with Crippen LogP contribution in [0.2, 0.25) is 0 Å². The van der Waals surface area contributed by atoms with Crippen LogP contribution in [-0.4, -0.2) is 36.4 Å². The van der Waals surface area contributed by atoms with Crippen molar-refractivity contribution in [1.29, 1.82) is 0 Å². The Kier molecular flexibility index (Phi) is 6.46. The average molecular weight is 462 g/mol. The Bertz CT molecular complexity index is 1180. The maximum Gasteiger partial charge on any atom is 0.239 e. The van der Waals surface area contributed by atoms with E-state index >= 15 is 4.39 Å². The van der Waals surface area contributed by atoms with Gasteiger partial charge in [-0.1, -0.05) is 23.7 Å². The number of hydrogen-bond donors (Lipinski definition) is 3. The summed E-state index contributed by atoms with van der Waals surface area (Å²) in [7, 11) is 0. The molecule has 0 radical (unpaired) electrons. The SMILES string of the molecule is CCC(C(Nc1ccc(-c2cnccn2)cc1F)=C1CCC1)c1ccnc(NN(O)C2CC2)n1. The van der Waals surface area contributed by atoms with Crippen molar-refractivity contribution >= 4 is 11.6 Å². The molecule has 0 spiro atoms. The van der Waals surface area contributed by atoms with Gasteiger partial charge in [0.15, 0.2) is 0 Å². The molecule has 0 amide bonds. The van der Waals surface area contributed by atoms with Crippen molar-refractivity contribution in [2.24, 2.45) is 0 Å². The number of anilines is 2. The van der Waals surface area contributed by atoms with Crippen LogP contribution in [0.25, 0.3) is 11.3 Å². The lowest BCUT2D eigenvalue weighted by atomic mass is 9.84. The highest BCUT2D eigenvalue weighted by atomic mass is 19.1. The molecule has 0 bridgehead atoms. The summed E-state index contributed by atoms with van der Waals surface area (Å²) in [5.74, 6) is -0.0466. The molecular weight excluding hydrogens is 433 g/mol. The fourth-order valence-corrected chi connectivity index (χ4v) is 4.11. The van der Waals surface area contributed by atoms with Crippen LogP contribution in [0.5, 0.6) is 0 Å². The van der Waals surface area contributed by atoms with Gasteiger partial charge in [-0.15, -0.1) is 0 Å². The van der Waals surface area contributed by atoms with Crippen LogP contribution in [0.15, 0.2) is 60.3 Å². The first-order valence-corrected chi connectivity index (χ1v) is 11.7. The molecule has 1 aromatic carbocycles. The average Bonchev–Trinajstić information content (AvgIpc) is 3.66. The van der Waals surface area contributed by atoms with Gasteiger partial charge in [0.1, 0.15) is 5.82 Å². The Hall–Kier alpha value is -3.43. The second-order valence-corrected chi connectivity index (χ2v) is 8.73. The van der Waals surface area contributed by atoms with Crippen molar-refractivity contribution in [3.05, 3.63) is 71.8 Å². The Balaban J connectivity index is 1.41. The molecule has 2 aromatic heterocycles. The first kappa shape index (κ1) is 22.4. The minimum absolute atomic E-state index is 0.0500. The zero-order valence-corrected chi connectivity index (χ0v) is 19.1. The van der Waals surface area contributed by atoms with Crippen LogP contribution >= 0.6 is 0 Å². The number of rotatable bonds is 9. The highest BCUT2D eigenvalue weighted by Crippen LogP contribution is 2.38. The Morgan fingerprint density at radius 2 is 2.03 bits per heavy atom.